The Morgan fingerprint density at radius 3 is 1.72 bits per heavy atom. The van der Waals surface area contributed by atoms with E-state index >= 15 is 0 Å². The van der Waals surface area contributed by atoms with E-state index in [-0.39, 0.29) is 29.1 Å². The van der Waals surface area contributed by atoms with Gasteiger partial charge in [-0.05, 0) is 25.5 Å². The zero-order chi connectivity index (χ0) is 12.8. The predicted molar refractivity (Wildman–Crippen MR) is 78.9 cm³/mol. The molecule has 2 atom stereocenters. The average molecular weight is 293 g/mol. The molecule has 0 amide bonds. The fourth-order valence-electron chi connectivity index (χ4n) is 1.53. The van der Waals surface area contributed by atoms with Crippen molar-refractivity contribution in [2.45, 2.75) is 32.3 Å². The second-order valence-electron chi connectivity index (χ2n) is 3.95. The fourth-order valence-corrected chi connectivity index (χ4v) is 1.53. The number of nitrogens with zero attached hydrogens (tertiary/aromatic N) is 3. The SMILES string of the molecule is C[N-]C.C[N-]C.C[N-]COC1CCC[C@@H]1C.[CH3-].[Ti+4]. The standard InChI is InChI=1S/C8H16NO.2C2H6N.CH3.Ti/c1-7-4-3-5-8(7)10-6-9-2;2*1-3-2;;/h7-8H,3-6H2,1-2H3;2*1-2H3;1H3;/q4*-1;+4/t7-,8?;;;;/m0..../s1. The largest absolute Gasteiger partial charge is 4.00 e. The van der Waals surface area contributed by atoms with Crippen LogP contribution in [0.5, 0.6) is 0 Å². The Morgan fingerprint density at radius 1 is 1.00 bits per heavy atom. The molecule has 1 saturated carbocycles. The summed E-state index contributed by atoms with van der Waals surface area (Å²) >= 11 is 0. The first kappa shape index (κ1) is 27.0. The molecular formula is C13H31N3OTi. The molecule has 0 aromatic rings. The van der Waals surface area contributed by atoms with E-state index in [0.29, 0.717) is 12.8 Å². The molecule has 1 fully saturated rings. The van der Waals surface area contributed by atoms with E-state index in [0.717, 1.165) is 5.92 Å². The van der Waals surface area contributed by atoms with Crippen LogP contribution in [-0.2, 0) is 26.5 Å². The van der Waals surface area contributed by atoms with Gasteiger partial charge in [0.15, 0.2) is 0 Å². The number of rotatable bonds is 3. The molecule has 0 radical (unpaired) electrons. The molecule has 0 bridgehead atoms. The van der Waals surface area contributed by atoms with Gasteiger partial charge >= 0.3 is 21.7 Å². The third-order valence-corrected chi connectivity index (χ3v) is 2.20. The molecule has 0 N–H and O–H groups in total. The molecule has 1 rings (SSSR count). The zero-order valence-electron chi connectivity index (χ0n) is 13.2. The molecular weight excluding hydrogens is 262 g/mol. The van der Waals surface area contributed by atoms with Gasteiger partial charge < -0.3 is 28.1 Å². The summed E-state index contributed by atoms with van der Waals surface area (Å²) in [6.45, 7) is 2.84. The van der Waals surface area contributed by atoms with Gasteiger partial charge in [0, 0.05) is 0 Å². The Bertz CT molecular complexity index is 127. The van der Waals surface area contributed by atoms with Gasteiger partial charge in [-0.15, -0.1) is 0 Å². The zero-order valence-corrected chi connectivity index (χ0v) is 14.8. The molecule has 0 spiro atoms. The molecule has 1 aliphatic carbocycles. The molecule has 1 unspecified atom stereocenters. The second kappa shape index (κ2) is 22.7. The second-order valence-corrected chi connectivity index (χ2v) is 3.95. The van der Waals surface area contributed by atoms with Crippen molar-refractivity contribution < 1.29 is 26.5 Å². The van der Waals surface area contributed by atoms with Crippen LogP contribution in [0.2, 0.25) is 0 Å². The fraction of sp³-hybridized carbons (Fsp3) is 0.923. The maximum Gasteiger partial charge on any atom is 4.00 e. The maximum atomic E-state index is 5.50. The minimum absolute atomic E-state index is 0. The normalized spacial score (nSPS) is 20.3. The maximum absolute atomic E-state index is 5.50. The Balaban J connectivity index is -0.000000106. The van der Waals surface area contributed by atoms with Crippen molar-refractivity contribution in [1.82, 2.24) is 0 Å². The van der Waals surface area contributed by atoms with Crippen molar-refractivity contribution in [3.05, 3.63) is 23.4 Å². The van der Waals surface area contributed by atoms with Crippen molar-refractivity contribution in [3.63, 3.8) is 0 Å². The molecule has 4 nitrogen and oxygen atoms in total. The van der Waals surface area contributed by atoms with Crippen LogP contribution in [-0.4, -0.2) is 48.1 Å². The van der Waals surface area contributed by atoms with Gasteiger partial charge in [0.05, 0.1) is 6.10 Å². The first-order valence-electron chi connectivity index (χ1n) is 5.80. The van der Waals surface area contributed by atoms with Crippen LogP contribution in [0.15, 0.2) is 0 Å². The minimum Gasteiger partial charge on any atom is -0.668 e. The monoisotopic (exact) mass is 293 g/mol. The van der Waals surface area contributed by atoms with Crippen molar-refractivity contribution in [2.24, 2.45) is 5.92 Å². The van der Waals surface area contributed by atoms with E-state index in [1.165, 1.54) is 19.3 Å². The van der Waals surface area contributed by atoms with E-state index in [9.17, 15) is 0 Å². The van der Waals surface area contributed by atoms with Crippen LogP contribution in [0.3, 0.4) is 0 Å². The quantitative estimate of drug-likeness (QED) is 0.576. The number of hydrogen-bond donors (Lipinski definition) is 0. The van der Waals surface area contributed by atoms with Gasteiger partial charge in [-0.3, -0.25) is 0 Å². The van der Waals surface area contributed by atoms with Gasteiger partial charge in [0.2, 0.25) is 0 Å². The molecule has 108 valence electrons. The van der Waals surface area contributed by atoms with Crippen LogP contribution in [0.25, 0.3) is 16.0 Å². The first-order chi connectivity index (χ1) is 7.67. The summed E-state index contributed by atoms with van der Waals surface area (Å²) in [5, 5.41) is 10.9. The van der Waals surface area contributed by atoms with Crippen LogP contribution in [0, 0.1) is 13.3 Å². The Morgan fingerprint density at radius 2 is 1.44 bits per heavy atom. The van der Waals surface area contributed by atoms with Crippen LogP contribution < -0.4 is 0 Å². The van der Waals surface area contributed by atoms with E-state index in [1.807, 2.05) is 0 Å². The molecule has 0 saturated heterocycles. The summed E-state index contributed by atoms with van der Waals surface area (Å²) < 4.78 is 5.50. The summed E-state index contributed by atoms with van der Waals surface area (Å²) in [6, 6.07) is 0. The van der Waals surface area contributed by atoms with Gasteiger partial charge in [-0.1, -0.05) is 13.3 Å². The Hall–Kier alpha value is 0.554. The van der Waals surface area contributed by atoms with Gasteiger partial charge in [0.25, 0.3) is 0 Å². The molecule has 0 aromatic carbocycles. The van der Waals surface area contributed by atoms with Gasteiger partial charge in [-0.2, -0.15) is 35.2 Å². The summed E-state index contributed by atoms with van der Waals surface area (Å²) in [7, 11) is 8.79. The van der Waals surface area contributed by atoms with Crippen molar-refractivity contribution in [2.75, 3.05) is 42.0 Å². The van der Waals surface area contributed by atoms with Crippen LogP contribution in [0.1, 0.15) is 26.2 Å². The predicted octanol–water partition coefficient (Wildman–Crippen LogP) is 3.84. The summed E-state index contributed by atoms with van der Waals surface area (Å²) in [4.78, 5) is 0. The molecule has 0 aliphatic heterocycles. The molecule has 5 heteroatoms. The molecule has 1 aliphatic rings. The van der Waals surface area contributed by atoms with E-state index in [4.69, 9.17) is 4.74 Å². The number of hydrogen-bond acceptors (Lipinski definition) is 1. The van der Waals surface area contributed by atoms with E-state index in [1.54, 1.807) is 35.2 Å². The van der Waals surface area contributed by atoms with Crippen LogP contribution >= 0.6 is 0 Å². The average Bonchev–Trinajstić information content (AvgIpc) is 2.63. The van der Waals surface area contributed by atoms with Crippen molar-refractivity contribution >= 4 is 0 Å². The summed E-state index contributed by atoms with van der Waals surface area (Å²) in [6.07, 6.45) is 4.38. The van der Waals surface area contributed by atoms with Crippen molar-refractivity contribution in [3.8, 4) is 0 Å². The summed E-state index contributed by atoms with van der Waals surface area (Å²) in [5.41, 5.74) is 0. The first-order valence-corrected chi connectivity index (χ1v) is 5.80. The third-order valence-electron chi connectivity index (χ3n) is 2.20. The Labute approximate surface area is 130 Å². The minimum atomic E-state index is 0. The van der Waals surface area contributed by atoms with Crippen LogP contribution in [0.4, 0.5) is 0 Å². The number of ether oxygens (including phenoxy) is 1. The van der Waals surface area contributed by atoms with Gasteiger partial charge in [0.1, 0.15) is 0 Å². The Kier molecular flexibility index (Phi) is 34.1. The van der Waals surface area contributed by atoms with Gasteiger partial charge in [-0.25, -0.2) is 0 Å². The molecule has 18 heavy (non-hydrogen) atoms. The molecule has 0 aromatic heterocycles. The summed E-state index contributed by atoms with van der Waals surface area (Å²) in [5.74, 6) is 0.752. The molecule has 0 heterocycles. The smallest absolute Gasteiger partial charge is 0.668 e. The van der Waals surface area contributed by atoms with Crippen molar-refractivity contribution in [1.29, 1.82) is 0 Å². The topological polar surface area (TPSA) is 51.5 Å². The van der Waals surface area contributed by atoms with E-state index in [2.05, 4.69) is 22.9 Å². The van der Waals surface area contributed by atoms with E-state index < -0.39 is 0 Å². The third kappa shape index (κ3) is 18.9.